The molecule has 0 spiro atoms. The number of rotatable bonds is 6. The molecule has 0 atom stereocenters. The molecule has 154 valence electrons. The summed E-state index contributed by atoms with van der Waals surface area (Å²) in [7, 11) is 0. The van der Waals surface area contributed by atoms with Crippen LogP contribution in [0, 0.1) is 0 Å². The van der Waals surface area contributed by atoms with E-state index in [1.165, 1.54) is 5.56 Å². The number of hydrogen-bond donors (Lipinski definition) is 4. The van der Waals surface area contributed by atoms with Gasteiger partial charge in [-0.3, -0.25) is 5.10 Å². The van der Waals surface area contributed by atoms with Crippen LogP contribution in [-0.4, -0.2) is 37.2 Å². The van der Waals surface area contributed by atoms with E-state index in [1.54, 1.807) is 11.3 Å². The van der Waals surface area contributed by atoms with Gasteiger partial charge < -0.3 is 16.4 Å². The van der Waals surface area contributed by atoms with E-state index in [9.17, 15) is 0 Å². The number of nitrogens with one attached hydrogen (secondary N) is 3. The number of pyridine rings is 1. The quantitative estimate of drug-likeness (QED) is 0.375. The number of H-pyrrole nitrogens is 1. The number of nitrogens with two attached hydrogens (primary N) is 1. The van der Waals surface area contributed by atoms with Crippen molar-refractivity contribution in [2.45, 2.75) is 44.3 Å². The molecule has 1 saturated carbocycles. The zero-order chi connectivity index (χ0) is 20.3. The van der Waals surface area contributed by atoms with Gasteiger partial charge in [-0.15, -0.1) is 0 Å². The Morgan fingerprint density at radius 1 is 1.13 bits per heavy atom. The Hall–Kier alpha value is -3.04. The monoisotopic (exact) mass is 420 g/mol. The van der Waals surface area contributed by atoms with Crippen LogP contribution in [0.1, 0.15) is 31.2 Å². The van der Waals surface area contributed by atoms with E-state index in [-0.39, 0.29) is 0 Å². The van der Waals surface area contributed by atoms with Crippen molar-refractivity contribution in [3.05, 3.63) is 46.8 Å². The Labute approximate surface area is 178 Å². The summed E-state index contributed by atoms with van der Waals surface area (Å²) in [5, 5.41) is 19.3. The first-order chi connectivity index (χ1) is 14.7. The minimum absolute atomic E-state index is 0.324. The molecular formula is C21H24N8S. The highest BCUT2D eigenvalue weighted by Crippen LogP contribution is 2.26. The highest BCUT2D eigenvalue weighted by atomic mass is 32.1. The molecular weight excluding hydrogens is 396 g/mol. The third kappa shape index (κ3) is 4.12. The van der Waals surface area contributed by atoms with Crippen LogP contribution in [0.25, 0.3) is 22.4 Å². The lowest BCUT2D eigenvalue weighted by Gasteiger charge is -2.26. The maximum Gasteiger partial charge on any atom is 0.224 e. The van der Waals surface area contributed by atoms with Gasteiger partial charge in [0.2, 0.25) is 5.95 Å². The summed E-state index contributed by atoms with van der Waals surface area (Å²) >= 11 is 1.69. The second-order valence-electron chi connectivity index (χ2n) is 7.68. The van der Waals surface area contributed by atoms with Crippen molar-refractivity contribution < 1.29 is 0 Å². The first kappa shape index (κ1) is 19.0. The van der Waals surface area contributed by atoms with Crippen molar-refractivity contribution in [3.8, 4) is 11.4 Å². The van der Waals surface area contributed by atoms with Crippen LogP contribution in [0.2, 0.25) is 0 Å². The first-order valence-electron chi connectivity index (χ1n) is 10.2. The predicted octanol–water partition coefficient (Wildman–Crippen LogP) is 3.77. The molecule has 4 aromatic heterocycles. The van der Waals surface area contributed by atoms with Crippen molar-refractivity contribution in [1.82, 2.24) is 25.1 Å². The highest BCUT2D eigenvalue weighted by Gasteiger charge is 2.19. The number of nitrogens with zero attached hydrogens (tertiary/aromatic N) is 4. The van der Waals surface area contributed by atoms with Gasteiger partial charge in [-0.2, -0.15) is 21.4 Å². The maximum atomic E-state index is 5.99. The molecule has 0 unspecified atom stereocenters. The molecule has 5 N–H and O–H groups in total. The van der Waals surface area contributed by atoms with Crippen molar-refractivity contribution >= 4 is 34.1 Å². The van der Waals surface area contributed by atoms with Crippen molar-refractivity contribution in [1.29, 1.82) is 0 Å². The van der Waals surface area contributed by atoms with Gasteiger partial charge in [0.1, 0.15) is 11.5 Å². The third-order valence-corrected chi connectivity index (χ3v) is 6.20. The Bertz CT molecular complexity index is 1120. The van der Waals surface area contributed by atoms with Gasteiger partial charge in [0.25, 0.3) is 0 Å². The van der Waals surface area contributed by atoms with Crippen molar-refractivity contribution in [2.24, 2.45) is 5.73 Å². The van der Waals surface area contributed by atoms with Crippen LogP contribution in [0.15, 0.2) is 41.2 Å². The fourth-order valence-corrected chi connectivity index (χ4v) is 4.44. The second-order valence-corrected chi connectivity index (χ2v) is 8.46. The summed E-state index contributed by atoms with van der Waals surface area (Å²) in [4.78, 5) is 13.8. The number of thiophene rings is 1. The Kier molecular flexibility index (Phi) is 5.29. The average molecular weight is 421 g/mol. The van der Waals surface area contributed by atoms with Crippen LogP contribution in [0.3, 0.4) is 0 Å². The largest absolute Gasteiger partial charge is 0.366 e. The van der Waals surface area contributed by atoms with E-state index in [0.717, 1.165) is 54.8 Å². The fraction of sp³-hybridized carbons (Fsp3) is 0.333. The zero-order valence-corrected chi connectivity index (χ0v) is 17.3. The summed E-state index contributed by atoms with van der Waals surface area (Å²) in [6, 6.07) is 8.68. The Balaban J connectivity index is 1.33. The van der Waals surface area contributed by atoms with Crippen LogP contribution < -0.4 is 16.4 Å². The molecule has 0 bridgehead atoms. The molecule has 0 radical (unpaired) electrons. The molecule has 5 rings (SSSR count). The summed E-state index contributed by atoms with van der Waals surface area (Å²) in [5.41, 5.74) is 9.47. The summed E-state index contributed by atoms with van der Waals surface area (Å²) < 4.78 is 0. The summed E-state index contributed by atoms with van der Waals surface area (Å²) in [5.74, 6) is 1.43. The van der Waals surface area contributed by atoms with E-state index in [4.69, 9.17) is 10.7 Å². The molecule has 1 aliphatic rings. The lowest BCUT2D eigenvalue weighted by molar-refractivity contribution is 0.410. The van der Waals surface area contributed by atoms with Gasteiger partial charge in [-0.05, 0) is 60.2 Å². The molecule has 30 heavy (non-hydrogen) atoms. The number of aromatic nitrogens is 5. The molecule has 0 amide bonds. The van der Waals surface area contributed by atoms with Crippen LogP contribution in [-0.2, 0) is 6.54 Å². The fourth-order valence-electron chi connectivity index (χ4n) is 3.77. The SMILES string of the molecule is N[C@H]1CC[C@H](Nc2ncc3c(-c4cccc(NCc5ccsc5)n4)n[nH]c3n2)CC1. The molecule has 0 aromatic carbocycles. The molecule has 4 heterocycles. The van der Waals surface area contributed by atoms with Gasteiger partial charge in [0.15, 0.2) is 5.65 Å². The molecule has 4 aromatic rings. The molecule has 9 heteroatoms. The molecule has 0 aliphatic heterocycles. The Morgan fingerprint density at radius 3 is 2.87 bits per heavy atom. The number of hydrogen-bond acceptors (Lipinski definition) is 8. The lowest BCUT2D eigenvalue weighted by atomic mass is 9.92. The summed E-state index contributed by atoms with van der Waals surface area (Å²) in [6.07, 6.45) is 5.98. The van der Waals surface area contributed by atoms with Gasteiger partial charge in [0, 0.05) is 24.8 Å². The minimum Gasteiger partial charge on any atom is -0.366 e. The van der Waals surface area contributed by atoms with Crippen LogP contribution in [0.4, 0.5) is 11.8 Å². The van der Waals surface area contributed by atoms with Crippen LogP contribution in [0.5, 0.6) is 0 Å². The van der Waals surface area contributed by atoms with Crippen molar-refractivity contribution in [3.63, 3.8) is 0 Å². The maximum absolute atomic E-state index is 5.99. The van der Waals surface area contributed by atoms with Crippen LogP contribution >= 0.6 is 11.3 Å². The average Bonchev–Trinajstić information content (AvgIpc) is 3.44. The Morgan fingerprint density at radius 2 is 2.03 bits per heavy atom. The second kappa shape index (κ2) is 8.37. The van der Waals surface area contributed by atoms with Crippen molar-refractivity contribution in [2.75, 3.05) is 10.6 Å². The smallest absolute Gasteiger partial charge is 0.224 e. The minimum atomic E-state index is 0.324. The molecule has 0 saturated heterocycles. The molecule has 8 nitrogen and oxygen atoms in total. The van der Waals surface area contributed by atoms with E-state index < -0.39 is 0 Å². The normalized spacial score (nSPS) is 19.1. The van der Waals surface area contributed by atoms with E-state index in [2.05, 4.69) is 47.6 Å². The van der Waals surface area contributed by atoms with Gasteiger partial charge in [-0.25, -0.2) is 9.97 Å². The summed E-state index contributed by atoms with van der Waals surface area (Å²) in [6.45, 7) is 0.742. The topological polar surface area (TPSA) is 117 Å². The highest BCUT2D eigenvalue weighted by molar-refractivity contribution is 7.07. The standard InChI is InChI=1S/C21H24N8S/c22-14-4-6-15(7-5-14)25-21-24-11-16-19(28-29-20(16)27-21)17-2-1-3-18(26-17)23-10-13-8-9-30-12-13/h1-3,8-9,11-12,14-15H,4-7,10,22H2,(H,23,26)(H2,24,25,27,28,29)/t14-,15-. The molecule has 1 fully saturated rings. The van der Waals surface area contributed by atoms with E-state index in [1.807, 2.05) is 24.4 Å². The number of aromatic amines is 1. The lowest BCUT2D eigenvalue weighted by Crippen LogP contribution is -2.33. The zero-order valence-electron chi connectivity index (χ0n) is 16.5. The van der Waals surface area contributed by atoms with E-state index in [0.29, 0.717) is 23.7 Å². The molecule has 1 aliphatic carbocycles. The van der Waals surface area contributed by atoms with Gasteiger partial charge >= 0.3 is 0 Å². The first-order valence-corrected chi connectivity index (χ1v) is 11.1. The third-order valence-electron chi connectivity index (χ3n) is 5.47. The van der Waals surface area contributed by atoms with Gasteiger partial charge in [-0.1, -0.05) is 6.07 Å². The number of fused-ring (bicyclic) bond motifs is 1. The number of anilines is 2. The van der Waals surface area contributed by atoms with E-state index >= 15 is 0 Å². The van der Waals surface area contributed by atoms with Gasteiger partial charge in [0.05, 0.1) is 11.1 Å². The predicted molar refractivity (Wildman–Crippen MR) is 120 cm³/mol.